The number of ether oxygens (including phenoxy) is 1. The van der Waals surface area contributed by atoms with Gasteiger partial charge in [0.1, 0.15) is 18.8 Å². The Hall–Kier alpha value is -1.58. The number of allylic oxidation sites excluding steroid dienone is 1. The van der Waals surface area contributed by atoms with Gasteiger partial charge in [0.05, 0.1) is 5.56 Å². The molecule has 1 heterocycles. The van der Waals surface area contributed by atoms with Crippen molar-refractivity contribution in [2.75, 3.05) is 19.0 Å². The van der Waals surface area contributed by atoms with Gasteiger partial charge in [0, 0.05) is 7.05 Å². The first-order valence-electron chi connectivity index (χ1n) is 4.53. The van der Waals surface area contributed by atoms with Crippen molar-refractivity contribution in [3.05, 3.63) is 24.0 Å². The van der Waals surface area contributed by atoms with E-state index in [0.717, 1.165) is 11.4 Å². The van der Waals surface area contributed by atoms with Gasteiger partial charge in [0.15, 0.2) is 0 Å². The van der Waals surface area contributed by atoms with Gasteiger partial charge in [-0.15, -0.1) is 0 Å². The second kappa shape index (κ2) is 5.21. The van der Waals surface area contributed by atoms with Gasteiger partial charge in [0.25, 0.3) is 0 Å². The van der Waals surface area contributed by atoms with E-state index >= 15 is 0 Å². The highest BCUT2D eigenvalue weighted by Gasteiger charge is 2.05. The first-order valence-corrected chi connectivity index (χ1v) is 4.53. The molecule has 0 saturated carbocycles. The summed E-state index contributed by atoms with van der Waals surface area (Å²) in [5, 5.41) is 2.98. The Kier molecular flexibility index (Phi) is 3.91. The van der Waals surface area contributed by atoms with Crippen molar-refractivity contribution in [1.29, 1.82) is 0 Å². The van der Waals surface area contributed by atoms with Crippen LogP contribution in [0.5, 0.6) is 5.88 Å². The quantitative estimate of drug-likeness (QED) is 0.740. The van der Waals surface area contributed by atoms with Gasteiger partial charge >= 0.3 is 0 Å². The highest BCUT2D eigenvalue weighted by atomic mass is 16.5. The fourth-order valence-corrected chi connectivity index (χ4v) is 1.05. The van der Waals surface area contributed by atoms with Crippen LogP contribution in [0, 0.1) is 6.92 Å². The summed E-state index contributed by atoms with van der Waals surface area (Å²) in [5.41, 5.74) is 0.930. The average Bonchev–Trinajstić information content (AvgIpc) is 2.21. The minimum atomic E-state index is 0.539. The normalized spacial score (nSPS) is 10.5. The van der Waals surface area contributed by atoms with Crippen molar-refractivity contribution in [3.63, 3.8) is 0 Å². The molecule has 0 fully saturated rings. The van der Waals surface area contributed by atoms with Gasteiger partial charge in [-0.1, -0.05) is 12.2 Å². The fourth-order valence-electron chi connectivity index (χ4n) is 1.05. The Morgan fingerprint density at radius 3 is 2.93 bits per heavy atom. The minimum absolute atomic E-state index is 0.539. The number of rotatable bonds is 4. The lowest BCUT2D eigenvalue weighted by Gasteiger charge is -2.08. The third kappa shape index (κ3) is 2.45. The van der Waals surface area contributed by atoms with Crippen LogP contribution in [-0.2, 0) is 0 Å². The molecule has 1 rings (SSSR count). The van der Waals surface area contributed by atoms with E-state index in [1.54, 1.807) is 0 Å². The molecule has 14 heavy (non-hydrogen) atoms. The van der Waals surface area contributed by atoms with Gasteiger partial charge < -0.3 is 10.1 Å². The summed E-state index contributed by atoms with van der Waals surface area (Å²) < 4.78 is 5.44. The number of anilines is 1. The molecular formula is C10H15N3O. The molecule has 0 atom stereocenters. The second-order valence-electron chi connectivity index (χ2n) is 2.78. The fraction of sp³-hybridized carbons (Fsp3) is 0.400. The summed E-state index contributed by atoms with van der Waals surface area (Å²) >= 11 is 0. The molecule has 0 aliphatic rings. The van der Waals surface area contributed by atoms with Gasteiger partial charge in [-0.25, -0.2) is 9.97 Å². The predicted molar refractivity (Wildman–Crippen MR) is 56.6 cm³/mol. The van der Waals surface area contributed by atoms with Crippen LogP contribution in [0.4, 0.5) is 5.82 Å². The zero-order chi connectivity index (χ0) is 10.4. The Labute approximate surface area is 84.0 Å². The number of hydrogen-bond donors (Lipinski definition) is 1. The van der Waals surface area contributed by atoms with Crippen molar-refractivity contribution in [1.82, 2.24) is 9.97 Å². The van der Waals surface area contributed by atoms with Crippen LogP contribution in [0.15, 0.2) is 18.5 Å². The largest absolute Gasteiger partial charge is 0.473 e. The summed E-state index contributed by atoms with van der Waals surface area (Å²) in [7, 11) is 1.82. The third-order valence-corrected chi connectivity index (χ3v) is 1.83. The van der Waals surface area contributed by atoms with E-state index in [1.165, 1.54) is 6.33 Å². The zero-order valence-corrected chi connectivity index (χ0v) is 8.74. The standard InChI is InChI=1S/C10H15N3O/c1-4-5-6-14-10-8(2)9(11-3)12-7-13-10/h4-5,7H,6H2,1-3H3,(H,11,12,13)/b5-4+. The Bertz CT molecular complexity index is 323. The van der Waals surface area contributed by atoms with E-state index in [4.69, 9.17) is 4.74 Å². The molecule has 0 radical (unpaired) electrons. The van der Waals surface area contributed by atoms with Gasteiger partial charge in [-0.3, -0.25) is 0 Å². The Morgan fingerprint density at radius 1 is 1.50 bits per heavy atom. The Morgan fingerprint density at radius 2 is 2.29 bits per heavy atom. The number of aromatic nitrogens is 2. The molecule has 0 unspecified atom stereocenters. The summed E-state index contributed by atoms with van der Waals surface area (Å²) in [6.07, 6.45) is 5.36. The molecule has 0 aliphatic carbocycles. The van der Waals surface area contributed by atoms with Crippen LogP contribution in [0.1, 0.15) is 12.5 Å². The SMILES string of the molecule is C/C=C/COc1ncnc(NC)c1C. The maximum Gasteiger partial charge on any atom is 0.221 e. The predicted octanol–water partition coefficient (Wildman–Crippen LogP) is 1.78. The summed E-state index contributed by atoms with van der Waals surface area (Å²) in [6, 6.07) is 0. The monoisotopic (exact) mass is 193 g/mol. The van der Waals surface area contributed by atoms with Crippen LogP contribution in [0.3, 0.4) is 0 Å². The van der Waals surface area contributed by atoms with Crippen molar-refractivity contribution in [2.45, 2.75) is 13.8 Å². The molecule has 0 spiro atoms. The van der Waals surface area contributed by atoms with E-state index in [9.17, 15) is 0 Å². The lowest BCUT2D eigenvalue weighted by molar-refractivity contribution is 0.345. The van der Waals surface area contributed by atoms with Crippen LogP contribution in [0.2, 0.25) is 0 Å². The molecule has 76 valence electrons. The number of nitrogens with zero attached hydrogens (tertiary/aromatic N) is 2. The summed E-state index contributed by atoms with van der Waals surface area (Å²) in [6.45, 7) is 4.42. The number of nitrogens with one attached hydrogen (secondary N) is 1. The van der Waals surface area contributed by atoms with Crippen LogP contribution < -0.4 is 10.1 Å². The lowest BCUT2D eigenvalue weighted by Crippen LogP contribution is -2.02. The van der Waals surface area contributed by atoms with E-state index < -0.39 is 0 Å². The van der Waals surface area contributed by atoms with Crippen molar-refractivity contribution < 1.29 is 4.74 Å². The maximum atomic E-state index is 5.44. The van der Waals surface area contributed by atoms with E-state index in [0.29, 0.717) is 12.5 Å². The molecule has 0 aliphatic heterocycles. The first kappa shape index (κ1) is 10.5. The Balaban J connectivity index is 2.76. The van der Waals surface area contributed by atoms with E-state index in [1.807, 2.05) is 33.0 Å². The summed E-state index contributed by atoms with van der Waals surface area (Å²) in [4.78, 5) is 8.12. The molecule has 0 bridgehead atoms. The molecule has 4 heteroatoms. The molecule has 0 saturated heterocycles. The highest BCUT2D eigenvalue weighted by molar-refractivity contribution is 5.46. The van der Waals surface area contributed by atoms with Gasteiger partial charge in [-0.2, -0.15) is 0 Å². The minimum Gasteiger partial charge on any atom is -0.473 e. The zero-order valence-electron chi connectivity index (χ0n) is 8.74. The molecule has 4 nitrogen and oxygen atoms in total. The number of hydrogen-bond acceptors (Lipinski definition) is 4. The molecule has 1 aromatic rings. The average molecular weight is 193 g/mol. The molecule has 0 aromatic carbocycles. The van der Waals surface area contributed by atoms with Crippen LogP contribution >= 0.6 is 0 Å². The van der Waals surface area contributed by atoms with Gasteiger partial charge in [-0.05, 0) is 13.8 Å². The maximum absolute atomic E-state index is 5.44. The lowest BCUT2D eigenvalue weighted by atomic mass is 10.3. The summed E-state index contributed by atoms with van der Waals surface area (Å²) in [5.74, 6) is 1.43. The second-order valence-corrected chi connectivity index (χ2v) is 2.78. The first-order chi connectivity index (χ1) is 6.79. The van der Waals surface area contributed by atoms with Crippen LogP contribution in [0.25, 0.3) is 0 Å². The molecular weight excluding hydrogens is 178 g/mol. The smallest absolute Gasteiger partial charge is 0.221 e. The van der Waals surface area contributed by atoms with Crippen molar-refractivity contribution >= 4 is 5.82 Å². The molecule has 1 N–H and O–H groups in total. The molecule has 0 amide bonds. The van der Waals surface area contributed by atoms with Crippen LogP contribution in [-0.4, -0.2) is 23.6 Å². The van der Waals surface area contributed by atoms with Crippen molar-refractivity contribution in [2.24, 2.45) is 0 Å². The van der Waals surface area contributed by atoms with E-state index in [2.05, 4.69) is 15.3 Å². The van der Waals surface area contributed by atoms with E-state index in [-0.39, 0.29) is 0 Å². The highest BCUT2D eigenvalue weighted by Crippen LogP contribution is 2.19. The van der Waals surface area contributed by atoms with Gasteiger partial charge in [0.2, 0.25) is 5.88 Å². The third-order valence-electron chi connectivity index (χ3n) is 1.83. The van der Waals surface area contributed by atoms with Crippen molar-refractivity contribution in [3.8, 4) is 5.88 Å². The topological polar surface area (TPSA) is 47.0 Å². The molecule has 1 aromatic heterocycles.